The van der Waals surface area contributed by atoms with E-state index in [1.165, 1.54) is 23.8 Å². The number of nitrogens with one attached hydrogen (secondary N) is 2. The van der Waals surface area contributed by atoms with Crippen LogP contribution in [-0.4, -0.2) is 77.7 Å². The molecule has 200 valence electrons. The van der Waals surface area contributed by atoms with E-state index < -0.39 is 0 Å². The van der Waals surface area contributed by atoms with Gasteiger partial charge in [-0.2, -0.15) is 0 Å². The van der Waals surface area contributed by atoms with Gasteiger partial charge in [-0.1, -0.05) is 29.8 Å². The molecule has 3 fully saturated rings. The molecule has 0 bridgehead atoms. The fourth-order valence-corrected chi connectivity index (χ4v) is 5.71. The highest BCUT2D eigenvalue weighted by molar-refractivity contribution is 6.32. The molecular weight excluding hydrogens is 500 g/mol. The smallest absolute Gasteiger partial charge is 0.236 e. The van der Waals surface area contributed by atoms with Crippen LogP contribution in [0.1, 0.15) is 24.8 Å². The molecule has 1 aromatic heterocycles. The maximum atomic E-state index is 13.1. The Bertz CT molecular complexity index is 1310. The maximum absolute atomic E-state index is 13.1. The predicted octanol–water partition coefficient (Wildman–Crippen LogP) is 3.89. The number of rotatable bonds is 8. The van der Waals surface area contributed by atoms with E-state index in [0.29, 0.717) is 11.6 Å². The van der Waals surface area contributed by atoms with Crippen molar-refractivity contribution in [2.45, 2.75) is 31.7 Å². The van der Waals surface area contributed by atoms with Crippen LogP contribution >= 0.6 is 11.6 Å². The number of hydrogen-bond donors (Lipinski definition) is 3. The molecule has 38 heavy (non-hydrogen) atoms. The van der Waals surface area contributed by atoms with Gasteiger partial charge in [0.25, 0.3) is 0 Å². The Balaban J connectivity index is 1.00. The highest BCUT2D eigenvalue weighted by atomic mass is 35.5. The number of nitrogens with zero attached hydrogens (tertiary/aromatic N) is 4. The van der Waals surface area contributed by atoms with Crippen LogP contribution in [0, 0.1) is 5.92 Å². The van der Waals surface area contributed by atoms with Gasteiger partial charge in [-0.25, -0.2) is 10.4 Å². The molecule has 3 aliphatic rings. The molecule has 0 spiro atoms. The number of likely N-dealkylation sites (tertiary alicyclic amines) is 1. The predicted molar refractivity (Wildman–Crippen MR) is 152 cm³/mol. The van der Waals surface area contributed by atoms with Gasteiger partial charge in [0.2, 0.25) is 5.91 Å². The number of carbonyl (C=O) groups excluding carboxylic acids is 1. The zero-order valence-electron chi connectivity index (χ0n) is 21.6. The number of hydrazine groups is 1. The summed E-state index contributed by atoms with van der Waals surface area (Å²) in [4.78, 5) is 24.8. The quantitative estimate of drug-likeness (QED) is 0.299. The van der Waals surface area contributed by atoms with Crippen molar-refractivity contribution in [2.75, 3.05) is 56.1 Å². The number of piperazine rings is 1. The minimum absolute atomic E-state index is 0.0656. The first-order chi connectivity index (χ1) is 18.5. The third-order valence-electron chi connectivity index (χ3n) is 7.92. The van der Waals surface area contributed by atoms with E-state index in [1.54, 1.807) is 18.2 Å². The number of aromatic hydroxyl groups is 1. The summed E-state index contributed by atoms with van der Waals surface area (Å²) in [5.74, 6) is 2.18. The van der Waals surface area contributed by atoms with Crippen LogP contribution in [0.25, 0.3) is 10.9 Å². The average Bonchev–Trinajstić information content (AvgIpc) is 3.64. The molecule has 2 saturated heterocycles. The Kier molecular flexibility index (Phi) is 7.28. The van der Waals surface area contributed by atoms with E-state index in [-0.39, 0.29) is 17.7 Å². The number of aromatic nitrogens is 1. The Morgan fingerprint density at radius 1 is 1.03 bits per heavy atom. The Morgan fingerprint density at radius 2 is 1.84 bits per heavy atom. The molecule has 9 heteroatoms. The van der Waals surface area contributed by atoms with Gasteiger partial charge < -0.3 is 20.3 Å². The summed E-state index contributed by atoms with van der Waals surface area (Å²) in [6.07, 6.45) is 4.70. The van der Waals surface area contributed by atoms with Crippen molar-refractivity contribution in [2.24, 2.45) is 5.92 Å². The van der Waals surface area contributed by atoms with Crippen LogP contribution in [0.2, 0.25) is 5.02 Å². The van der Waals surface area contributed by atoms with E-state index in [2.05, 4.69) is 44.9 Å². The number of benzene rings is 2. The molecule has 1 amide bonds. The number of fused-ring (bicyclic) bond motifs is 1. The van der Waals surface area contributed by atoms with E-state index in [4.69, 9.17) is 16.6 Å². The molecule has 2 aliphatic heterocycles. The van der Waals surface area contributed by atoms with Crippen LogP contribution in [0.15, 0.2) is 48.5 Å². The lowest BCUT2D eigenvalue weighted by molar-refractivity contribution is -0.132. The lowest BCUT2D eigenvalue weighted by Gasteiger charge is -2.37. The van der Waals surface area contributed by atoms with E-state index in [1.807, 2.05) is 11.0 Å². The topological polar surface area (TPSA) is 84.0 Å². The standard InChI is InChI=1S/C29H35ClN6O2/c30-25-17-23(7-8-27(25)37)32-33-24-9-10-34(18-24)19-28(38)35-11-13-36(14-12-35)29-22(15-20-5-6-20)16-21-3-1-2-4-26(21)31-29/h1-4,7-8,16-17,20,24,32-33,37H,5-6,9-15,18-19H2. The van der Waals surface area contributed by atoms with Crippen LogP contribution in [0.3, 0.4) is 0 Å². The Morgan fingerprint density at radius 3 is 2.63 bits per heavy atom. The third kappa shape index (κ3) is 5.82. The second-order valence-corrected chi connectivity index (χ2v) is 11.2. The average molecular weight is 535 g/mol. The summed E-state index contributed by atoms with van der Waals surface area (Å²) in [6, 6.07) is 15.9. The maximum Gasteiger partial charge on any atom is 0.236 e. The zero-order chi connectivity index (χ0) is 26.1. The fraction of sp³-hybridized carbons (Fsp3) is 0.448. The number of hydrogen-bond acceptors (Lipinski definition) is 7. The fourth-order valence-electron chi connectivity index (χ4n) is 5.53. The molecule has 3 heterocycles. The van der Waals surface area contributed by atoms with Gasteiger partial charge in [0, 0.05) is 50.7 Å². The van der Waals surface area contributed by atoms with Crippen molar-refractivity contribution >= 4 is 39.9 Å². The highest BCUT2D eigenvalue weighted by Gasteiger charge is 2.29. The van der Waals surface area contributed by atoms with Gasteiger partial charge in [0.05, 0.1) is 22.8 Å². The van der Waals surface area contributed by atoms with Crippen molar-refractivity contribution < 1.29 is 9.90 Å². The van der Waals surface area contributed by atoms with Crippen molar-refractivity contribution in [3.8, 4) is 5.75 Å². The minimum atomic E-state index is 0.0656. The SMILES string of the molecule is O=C(CN1CCC(NNc2ccc(O)c(Cl)c2)C1)N1CCN(c2nc3ccccc3cc2CC2CC2)CC1. The molecule has 1 aliphatic carbocycles. The van der Waals surface area contributed by atoms with E-state index in [0.717, 1.165) is 75.1 Å². The van der Waals surface area contributed by atoms with Gasteiger partial charge in [0.15, 0.2) is 0 Å². The molecule has 6 rings (SSSR count). The molecule has 1 saturated carbocycles. The molecule has 8 nitrogen and oxygen atoms in total. The van der Waals surface area contributed by atoms with Crippen LogP contribution in [0.5, 0.6) is 5.75 Å². The van der Waals surface area contributed by atoms with Crippen LogP contribution in [0.4, 0.5) is 11.5 Å². The van der Waals surface area contributed by atoms with Gasteiger partial charge in [-0.05, 0) is 67.5 Å². The van der Waals surface area contributed by atoms with E-state index in [9.17, 15) is 9.90 Å². The third-order valence-corrected chi connectivity index (χ3v) is 8.22. The lowest BCUT2D eigenvalue weighted by Crippen LogP contribution is -2.51. The van der Waals surface area contributed by atoms with Crippen molar-refractivity contribution in [1.29, 1.82) is 0 Å². The summed E-state index contributed by atoms with van der Waals surface area (Å²) in [5, 5.41) is 11.1. The Hall–Kier alpha value is -3.07. The number of anilines is 2. The summed E-state index contributed by atoms with van der Waals surface area (Å²) in [6.45, 7) is 5.23. The van der Waals surface area contributed by atoms with Gasteiger partial charge in [0.1, 0.15) is 11.6 Å². The zero-order valence-corrected chi connectivity index (χ0v) is 22.3. The van der Waals surface area contributed by atoms with Crippen molar-refractivity contribution in [3.63, 3.8) is 0 Å². The van der Waals surface area contributed by atoms with Crippen molar-refractivity contribution in [3.05, 3.63) is 59.1 Å². The first kappa shape index (κ1) is 25.2. The van der Waals surface area contributed by atoms with Crippen LogP contribution in [-0.2, 0) is 11.2 Å². The second-order valence-electron chi connectivity index (χ2n) is 10.8. The molecule has 1 atom stereocenters. The number of pyridine rings is 1. The second kappa shape index (κ2) is 11.0. The molecular formula is C29H35ClN6O2. The number of amides is 1. The number of halogens is 1. The molecule has 3 aromatic rings. The summed E-state index contributed by atoms with van der Waals surface area (Å²) in [5.41, 5.74) is 9.67. The highest BCUT2D eigenvalue weighted by Crippen LogP contribution is 2.36. The molecule has 0 radical (unpaired) electrons. The number of phenolic OH excluding ortho intramolecular Hbond substituents is 1. The number of carbonyl (C=O) groups is 1. The molecule has 2 aromatic carbocycles. The van der Waals surface area contributed by atoms with E-state index >= 15 is 0 Å². The van der Waals surface area contributed by atoms with Gasteiger partial charge in [-0.3, -0.25) is 9.69 Å². The summed E-state index contributed by atoms with van der Waals surface area (Å²) >= 11 is 5.99. The molecule has 1 unspecified atom stereocenters. The van der Waals surface area contributed by atoms with Gasteiger partial charge >= 0.3 is 0 Å². The minimum Gasteiger partial charge on any atom is -0.506 e. The first-order valence-electron chi connectivity index (χ1n) is 13.7. The number of phenols is 1. The lowest BCUT2D eigenvalue weighted by atomic mass is 10.1. The van der Waals surface area contributed by atoms with Crippen LogP contribution < -0.4 is 15.8 Å². The summed E-state index contributed by atoms with van der Waals surface area (Å²) < 4.78 is 0. The Labute approximate surface area is 228 Å². The number of para-hydroxylation sites is 1. The van der Waals surface area contributed by atoms with Crippen molar-refractivity contribution in [1.82, 2.24) is 20.2 Å². The largest absolute Gasteiger partial charge is 0.506 e. The molecule has 3 N–H and O–H groups in total. The summed E-state index contributed by atoms with van der Waals surface area (Å²) in [7, 11) is 0. The normalized spacial score (nSPS) is 20.3. The van der Waals surface area contributed by atoms with Gasteiger partial charge in [-0.15, -0.1) is 0 Å². The monoisotopic (exact) mass is 534 g/mol. The first-order valence-corrected chi connectivity index (χ1v) is 14.0.